The van der Waals surface area contributed by atoms with Crippen molar-refractivity contribution in [2.75, 3.05) is 0 Å². The zero-order valence-corrected chi connectivity index (χ0v) is 35.6. The number of aromatic nitrogens is 2. The van der Waals surface area contributed by atoms with Crippen LogP contribution < -0.4 is 20.7 Å². The van der Waals surface area contributed by atoms with Crippen LogP contribution in [0.1, 0.15) is 0 Å². The lowest BCUT2D eigenvalue weighted by molar-refractivity contribution is 1.13. The second-order valence-corrected chi connectivity index (χ2v) is 20.2. The number of nitrogens with zero attached hydrogens (tertiary/aromatic N) is 2. The molecule has 0 amide bonds. The molecule has 296 valence electrons. The second-order valence-electron chi connectivity index (χ2n) is 16.4. The predicted molar refractivity (Wildman–Crippen MR) is 270 cm³/mol. The van der Waals surface area contributed by atoms with Crippen LogP contribution in [0, 0.1) is 0 Å². The molecule has 10 aromatic carbocycles. The van der Waals surface area contributed by atoms with Crippen molar-refractivity contribution in [2.24, 2.45) is 0 Å². The van der Waals surface area contributed by atoms with Gasteiger partial charge >= 0.3 is 0 Å². The van der Waals surface area contributed by atoms with Crippen LogP contribution in [0.3, 0.4) is 0 Å². The fraction of sp³-hybridized carbons (Fsp3) is 0. The van der Waals surface area contributed by atoms with E-state index in [9.17, 15) is 0 Å². The number of para-hydroxylation sites is 3. The quantitative estimate of drug-likeness (QED) is 0.107. The van der Waals surface area contributed by atoms with E-state index in [4.69, 9.17) is 0 Å². The Labute approximate surface area is 368 Å². The molecule has 0 fully saturated rings. The van der Waals surface area contributed by atoms with Gasteiger partial charge in [0.15, 0.2) is 8.07 Å². The Morgan fingerprint density at radius 3 is 1.38 bits per heavy atom. The van der Waals surface area contributed by atoms with Crippen LogP contribution in [0.25, 0.3) is 77.2 Å². The van der Waals surface area contributed by atoms with E-state index >= 15 is 0 Å². The zero-order chi connectivity index (χ0) is 41.7. The molecule has 0 radical (unpaired) electrons. The van der Waals surface area contributed by atoms with Crippen molar-refractivity contribution >= 4 is 72.4 Å². The molecule has 0 aliphatic carbocycles. The highest BCUT2D eigenvalue weighted by molar-refractivity contribution is 7.20. The largest absolute Gasteiger partial charge is 0.307 e. The monoisotopic (exact) mass is 818 g/mol. The molecule has 63 heavy (non-hydrogen) atoms. The molecule has 0 bridgehead atoms. The SMILES string of the molecule is c1ccc(-c2ccccc2-n2c3ccccc3c3cccc(-n4c5ccc([Si](c6ccccc6)(c6ccccc6)c6ccccc6)cc5c5c(-c6ccccc6)cccc54)c32)cc1. The number of benzene rings is 10. The van der Waals surface area contributed by atoms with Crippen molar-refractivity contribution in [3.05, 3.63) is 255 Å². The Hall–Kier alpha value is -7.98. The zero-order valence-electron chi connectivity index (χ0n) is 34.6. The summed E-state index contributed by atoms with van der Waals surface area (Å²) in [6, 6.07) is 94.3. The Bertz CT molecular complexity index is 3500. The number of hydrogen-bond acceptors (Lipinski definition) is 0. The maximum Gasteiger partial charge on any atom is 0.179 e. The van der Waals surface area contributed by atoms with Crippen molar-refractivity contribution in [1.82, 2.24) is 9.13 Å². The van der Waals surface area contributed by atoms with Crippen LogP contribution in [-0.2, 0) is 0 Å². The van der Waals surface area contributed by atoms with E-state index in [1.165, 1.54) is 86.6 Å². The smallest absolute Gasteiger partial charge is 0.179 e. The van der Waals surface area contributed by atoms with Gasteiger partial charge in [0.05, 0.1) is 33.4 Å². The van der Waals surface area contributed by atoms with Crippen LogP contribution in [0.4, 0.5) is 0 Å². The Kier molecular flexibility index (Phi) is 8.87. The van der Waals surface area contributed by atoms with E-state index in [1.54, 1.807) is 0 Å². The molecule has 0 atom stereocenters. The van der Waals surface area contributed by atoms with Gasteiger partial charge in [-0.05, 0) is 67.8 Å². The number of hydrogen-bond donors (Lipinski definition) is 0. The molecular weight excluding hydrogens is 777 g/mol. The van der Waals surface area contributed by atoms with Crippen molar-refractivity contribution < 1.29 is 0 Å². The van der Waals surface area contributed by atoms with Gasteiger partial charge < -0.3 is 9.13 Å². The van der Waals surface area contributed by atoms with Crippen LogP contribution >= 0.6 is 0 Å². The molecule has 2 aromatic heterocycles. The van der Waals surface area contributed by atoms with Gasteiger partial charge in [-0.25, -0.2) is 0 Å². The summed E-state index contributed by atoms with van der Waals surface area (Å²) in [6.07, 6.45) is 0. The van der Waals surface area contributed by atoms with E-state index in [-0.39, 0.29) is 0 Å². The minimum absolute atomic E-state index is 1.14. The summed E-state index contributed by atoms with van der Waals surface area (Å²) in [6.45, 7) is 0. The first kappa shape index (κ1) is 36.8. The normalized spacial score (nSPS) is 11.8. The molecule has 0 saturated carbocycles. The molecule has 0 aliphatic heterocycles. The standard InChI is InChI=1S/C60H42N2Si/c1-6-22-43(23-7-1)49-32-16-18-36-54(49)62-55-37-19-17-33-51(55)52-35-21-39-58(60(52)62)61-56-41-40-48(42-53(56)59-50(34-20-38-57(59)61)44-24-8-2-9-25-44)63(45-26-10-3-11-27-45,46-28-12-4-13-29-46)47-30-14-5-15-31-47/h1-42H. The summed E-state index contributed by atoms with van der Waals surface area (Å²) in [7, 11) is -2.84. The predicted octanol–water partition coefficient (Wildman–Crippen LogP) is 12.6. The molecule has 0 spiro atoms. The lowest BCUT2D eigenvalue weighted by Gasteiger charge is -2.34. The first-order valence-corrected chi connectivity index (χ1v) is 23.8. The van der Waals surface area contributed by atoms with Gasteiger partial charge in [0.2, 0.25) is 0 Å². The Balaban J connectivity index is 1.23. The van der Waals surface area contributed by atoms with Gasteiger partial charge in [-0.2, -0.15) is 0 Å². The third kappa shape index (κ3) is 5.78. The Morgan fingerprint density at radius 1 is 0.270 bits per heavy atom. The van der Waals surface area contributed by atoms with Gasteiger partial charge in [0.1, 0.15) is 0 Å². The molecule has 0 saturated heterocycles. The van der Waals surface area contributed by atoms with Crippen LogP contribution in [0.15, 0.2) is 255 Å². The van der Waals surface area contributed by atoms with Gasteiger partial charge in [0.25, 0.3) is 0 Å². The second kappa shape index (κ2) is 15.2. The Morgan fingerprint density at radius 2 is 0.730 bits per heavy atom. The number of fused-ring (bicyclic) bond motifs is 6. The number of rotatable bonds is 8. The third-order valence-electron chi connectivity index (χ3n) is 13.1. The summed E-state index contributed by atoms with van der Waals surface area (Å²) >= 11 is 0. The van der Waals surface area contributed by atoms with Gasteiger partial charge in [0, 0.05) is 27.1 Å². The molecule has 2 nitrogen and oxygen atoms in total. The van der Waals surface area contributed by atoms with Crippen LogP contribution in [-0.4, -0.2) is 17.2 Å². The van der Waals surface area contributed by atoms with Crippen molar-refractivity contribution in [3.63, 3.8) is 0 Å². The maximum absolute atomic E-state index is 2.84. The van der Waals surface area contributed by atoms with Crippen molar-refractivity contribution in [1.29, 1.82) is 0 Å². The van der Waals surface area contributed by atoms with Gasteiger partial charge in [-0.3, -0.25) is 0 Å². The van der Waals surface area contributed by atoms with Crippen LogP contribution in [0.5, 0.6) is 0 Å². The summed E-state index contributed by atoms with van der Waals surface area (Å²) in [5, 5.41) is 10.4. The maximum atomic E-state index is 2.56. The van der Waals surface area contributed by atoms with E-state index in [0.29, 0.717) is 0 Å². The summed E-state index contributed by atoms with van der Waals surface area (Å²) in [5.74, 6) is 0. The molecular formula is C60H42N2Si. The molecule has 3 heteroatoms. The first-order chi connectivity index (χ1) is 31.3. The highest BCUT2D eigenvalue weighted by Crippen LogP contribution is 2.43. The lowest BCUT2D eigenvalue weighted by Crippen LogP contribution is -2.74. The average molecular weight is 819 g/mol. The summed E-state index contributed by atoms with van der Waals surface area (Å²) < 4.78 is 5.05. The van der Waals surface area contributed by atoms with E-state index in [2.05, 4.69) is 264 Å². The van der Waals surface area contributed by atoms with Gasteiger partial charge in [-0.1, -0.05) is 224 Å². The van der Waals surface area contributed by atoms with Crippen molar-refractivity contribution in [3.8, 4) is 33.6 Å². The fourth-order valence-corrected chi connectivity index (χ4v) is 15.2. The average Bonchev–Trinajstić information content (AvgIpc) is 3.89. The summed E-state index contributed by atoms with van der Waals surface area (Å²) in [4.78, 5) is 0. The highest BCUT2D eigenvalue weighted by atomic mass is 28.3. The molecule has 0 aliphatic rings. The highest BCUT2D eigenvalue weighted by Gasteiger charge is 2.41. The minimum atomic E-state index is -2.84. The molecule has 12 aromatic rings. The van der Waals surface area contributed by atoms with E-state index < -0.39 is 8.07 Å². The third-order valence-corrected chi connectivity index (χ3v) is 17.8. The minimum Gasteiger partial charge on any atom is -0.307 e. The lowest BCUT2D eigenvalue weighted by atomic mass is 9.99. The fourth-order valence-electron chi connectivity index (χ4n) is 10.4. The van der Waals surface area contributed by atoms with Crippen molar-refractivity contribution in [2.45, 2.75) is 0 Å². The van der Waals surface area contributed by atoms with E-state index in [1.807, 2.05) is 0 Å². The molecule has 0 N–H and O–H groups in total. The van der Waals surface area contributed by atoms with Crippen LogP contribution in [0.2, 0.25) is 0 Å². The topological polar surface area (TPSA) is 9.86 Å². The molecule has 2 heterocycles. The van der Waals surface area contributed by atoms with Gasteiger partial charge in [-0.15, -0.1) is 0 Å². The molecule has 0 unspecified atom stereocenters. The van der Waals surface area contributed by atoms with E-state index in [0.717, 1.165) is 11.4 Å². The first-order valence-electron chi connectivity index (χ1n) is 21.8. The molecule has 12 rings (SSSR count). The summed E-state index contributed by atoms with van der Waals surface area (Å²) in [5.41, 5.74) is 11.8.